The standard InChI is InChI=1S/C18H27N5.HI/c1-14-9-15(2)11-16(10-14)5-7-20-18(19-3)21-8-6-17-12-22-23(4)13-17;/h9-13H,5-8H2,1-4H3,(H2,19,20,21);1H. The first-order valence-corrected chi connectivity index (χ1v) is 8.06. The average Bonchev–Trinajstić information content (AvgIpc) is 2.90. The Hall–Kier alpha value is -1.57. The summed E-state index contributed by atoms with van der Waals surface area (Å²) in [5.74, 6) is 0.846. The van der Waals surface area contributed by atoms with Crippen LogP contribution >= 0.6 is 24.0 Å². The Morgan fingerprint density at radius 3 is 2.12 bits per heavy atom. The van der Waals surface area contributed by atoms with Gasteiger partial charge in [0.1, 0.15) is 0 Å². The summed E-state index contributed by atoms with van der Waals surface area (Å²) in [5, 5.41) is 10.9. The molecule has 0 aliphatic carbocycles. The molecule has 2 rings (SSSR count). The molecule has 1 heterocycles. The predicted octanol–water partition coefficient (Wildman–Crippen LogP) is 2.61. The zero-order valence-electron chi connectivity index (χ0n) is 15.0. The lowest BCUT2D eigenvalue weighted by atomic mass is 10.1. The summed E-state index contributed by atoms with van der Waals surface area (Å²) in [4.78, 5) is 4.26. The third-order valence-corrected chi connectivity index (χ3v) is 3.68. The second-order valence-electron chi connectivity index (χ2n) is 5.94. The molecule has 0 radical (unpaired) electrons. The van der Waals surface area contributed by atoms with E-state index in [1.54, 1.807) is 7.05 Å². The van der Waals surface area contributed by atoms with E-state index in [2.05, 4.69) is 52.8 Å². The second-order valence-corrected chi connectivity index (χ2v) is 5.94. The predicted molar refractivity (Wildman–Crippen MR) is 111 cm³/mol. The lowest BCUT2D eigenvalue weighted by Gasteiger charge is -2.12. The van der Waals surface area contributed by atoms with E-state index in [9.17, 15) is 0 Å². The van der Waals surface area contributed by atoms with Crippen molar-refractivity contribution < 1.29 is 0 Å². The van der Waals surface area contributed by atoms with Gasteiger partial charge in [-0.3, -0.25) is 9.67 Å². The van der Waals surface area contributed by atoms with Crippen LogP contribution in [0.5, 0.6) is 0 Å². The number of aromatic nitrogens is 2. The minimum Gasteiger partial charge on any atom is -0.356 e. The Balaban J connectivity index is 0.00000288. The minimum atomic E-state index is 0. The van der Waals surface area contributed by atoms with Gasteiger partial charge in [0.05, 0.1) is 6.20 Å². The summed E-state index contributed by atoms with van der Waals surface area (Å²) in [7, 11) is 3.74. The number of nitrogens with zero attached hydrogens (tertiary/aromatic N) is 3. The van der Waals surface area contributed by atoms with E-state index >= 15 is 0 Å². The molecular formula is C18H28IN5. The summed E-state index contributed by atoms with van der Waals surface area (Å²) in [6, 6.07) is 6.69. The topological polar surface area (TPSA) is 54.2 Å². The number of benzene rings is 1. The highest BCUT2D eigenvalue weighted by molar-refractivity contribution is 14.0. The number of hydrogen-bond donors (Lipinski definition) is 2. The van der Waals surface area contributed by atoms with Gasteiger partial charge in [-0.25, -0.2) is 0 Å². The molecule has 132 valence electrons. The fourth-order valence-electron chi connectivity index (χ4n) is 2.69. The Labute approximate surface area is 162 Å². The fraction of sp³-hybridized carbons (Fsp3) is 0.444. The number of hydrogen-bond acceptors (Lipinski definition) is 2. The van der Waals surface area contributed by atoms with Crippen LogP contribution in [0.1, 0.15) is 22.3 Å². The van der Waals surface area contributed by atoms with Crippen molar-refractivity contribution >= 4 is 29.9 Å². The first-order chi connectivity index (χ1) is 11.1. The summed E-state index contributed by atoms with van der Waals surface area (Å²) in [5.41, 5.74) is 5.23. The molecule has 0 amide bonds. The molecule has 0 aliphatic heterocycles. The molecule has 0 bridgehead atoms. The van der Waals surface area contributed by atoms with Gasteiger partial charge >= 0.3 is 0 Å². The van der Waals surface area contributed by atoms with Crippen LogP contribution in [0, 0.1) is 13.8 Å². The maximum atomic E-state index is 4.26. The zero-order chi connectivity index (χ0) is 16.7. The molecular weight excluding hydrogens is 413 g/mol. The van der Waals surface area contributed by atoms with Crippen molar-refractivity contribution in [1.29, 1.82) is 0 Å². The Morgan fingerprint density at radius 1 is 1.04 bits per heavy atom. The number of halogens is 1. The Morgan fingerprint density at radius 2 is 1.62 bits per heavy atom. The third-order valence-electron chi connectivity index (χ3n) is 3.68. The van der Waals surface area contributed by atoms with Crippen LogP contribution in [-0.2, 0) is 19.9 Å². The summed E-state index contributed by atoms with van der Waals surface area (Å²) < 4.78 is 1.83. The monoisotopic (exact) mass is 441 g/mol. The molecule has 0 unspecified atom stereocenters. The van der Waals surface area contributed by atoms with E-state index in [-0.39, 0.29) is 24.0 Å². The first-order valence-electron chi connectivity index (χ1n) is 8.06. The van der Waals surface area contributed by atoms with E-state index in [0.717, 1.165) is 31.9 Å². The van der Waals surface area contributed by atoms with Gasteiger partial charge in [0.2, 0.25) is 0 Å². The van der Waals surface area contributed by atoms with Crippen LogP contribution in [0.3, 0.4) is 0 Å². The zero-order valence-corrected chi connectivity index (χ0v) is 17.3. The number of nitrogens with one attached hydrogen (secondary N) is 2. The van der Waals surface area contributed by atoms with Crippen molar-refractivity contribution in [3.63, 3.8) is 0 Å². The van der Waals surface area contributed by atoms with Crippen molar-refractivity contribution in [2.75, 3.05) is 20.1 Å². The molecule has 5 nitrogen and oxygen atoms in total. The van der Waals surface area contributed by atoms with E-state index < -0.39 is 0 Å². The molecule has 1 aromatic carbocycles. The molecule has 0 spiro atoms. The number of aliphatic imine (C=N–C) groups is 1. The van der Waals surface area contributed by atoms with Gasteiger partial charge in [-0.05, 0) is 37.8 Å². The van der Waals surface area contributed by atoms with E-state index in [1.165, 1.54) is 22.3 Å². The van der Waals surface area contributed by atoms with Crippen LogP contribution in [0.25, 0.3) is 0 Å². The molecule has 0 aliphatic rings. The number of rotatable bonds is 6. The maximum Gasteiger partial charge on any atom is 0.190 e. The van der Waals surface area contributed by atoms with Gasteiger partial charge in [-0.1, -0.05) is 29.3 Å². The smallest absolute Gasteiger partial charge is 0.190 e. The maximum absolute atomic E-state index is 4.26. The third kappa shape index (κ3) is 6.90. The average molecular weight is 441 g/mol. The lowest BCUT2D eigenvalue weighted by molar-refractivity contribution is 0.764. The second kappa shape index (κ2) is 10.3. The summed E-state index contributed by atoms with van der Waals surface area (Å²) in [6.45, 7) is 6.00. The molecule has 0 saturated heterocycles. The Bertz CT molecular complexity index is 643. The van der Waals surface area contributed by atoms with Crippen molar-refractivity contribution in [3.8, 4) is 0 Å². The van der Waals surface area contributed by atoms with Gasteiger partial charge in [0.15, 0.2) is 5.96 Å². The summed E-state index contributed by atoms with van der Waals surface area (Å²) in [6.07, 6.45) is 5.87. The van der Waals surface area contributed by atoms with Gasteiger partial charge in [-0.2, -0.15) is 5.10 Å². The van der Waals surface area contributed by atoms with Gasteiger partial charge in [-0.15, -0.1) is 24.0 Å². The molecule has 0 saturated carbocycles. The van der Waals surface area contributed by atoms with Crippen LogP contribution < -0.4 is 10.6 Å². The van der Waals surface area contributed by atoms with Crippen molar-refractivity contribution in [1.82, 2.24) is 20.4 Å². The van der Waals surface area contributed by atoms with Gasteiger partial charge in [0.25, 0.3) is 0 Å². The van der Waals surface area contributed by atoms with Crippen molar-refractivity contribution in [2.24, 2.45) is 12.0 Å². The molecule has 6 heteroatoms. The van der Waals surface area contributed by atoms with Crippen LogP contribution in [0.4, 0.5) is 0 Å². The van der Waals surface area contributed by atoms with Crippen LogP contribution in [-0.4, -0.2) is 35.9 Å². The fourth-order valence-corrected chi connectivity index (χ4v) is 2.69. The Kier molecular flexibility index (Phi) is 8.81. The first kappa shape index (κ1) is 20.5. The van der Waals surface area contributed by atoms with E-state index in [0.29, 0.717) is 0 Å². The van der Waals surface area contributed by atoms with Crippen LogP contribution in [0.15, 0.2) is 35.6 Å². The molecule has 2 N–H and O–H groups in total. The molecule has 0 fully saturated rings. The van der Waals surface area contributed by atoms with Crippen molar-refractivity contribution in [3.05, 3.63) is 52.8 Å². The highest BCUT2D eigenvalue weighted by Crippen LogP contribution is 2.08. The molecule has 24 heavy (non-hydrogen) atoms. The molecule has 1 aromatic heterocycles. The van der Waals surface area contributed by atoms with E-state index in [1.807, 2.05) is 24.1 Å². The largest absolute Gasteiger partial charge is 0.356 e. The van der Waals surface area contributed by atoms with Gasteiger partial charge < -0.3 is 10.6 Å². The number of aryl methyl sites for hydroxylation is 3. The quantitative estimate of drug-likeness (QED) is 0.412. The SMILES string of the molecule is CN=C(NCCc1cc(C)cc(C)c1)NCCc1cnn(C)c1.I. The molecule has 2 aromatic rings. The van der Waals surface area contributed by atoms with Crippen LogP contribution in [0.2, 0.25) is 0 Å². The van der Waals surface area contributed by atoms with E-state index in [4.69, 9.17) is 0 Å². The van der Waals surface area contributed by atoms with Gasteiger partial charge in [0, 0.05) is 33.4 Å². The highest BCUT2D eigenvalue weighted by Gasteiger charge is 2.01. The molecule has 0 atom stereocenters. The number of guanidine groups is 1. The lowest BCUT2D eigenvalue weighted by Crippen LogP contribution is -2.39. The van der Waals surface area contributed by atoms with Crippen molar-refractivity contribution in [2.45, 2.75) is 26.7 Å². The minimum absolute atomic E-state index is 0. The normalized spacial score (nSPS) is 11.1. The highest BCUT2D eigenvalue weighted by atomic mass is 127. The summed E-state index contributed by atoms with van der Waals surface area (Å²) >= 11 is 0.